The van der Waals surface area contributed by atoms with Crippen molar-refractivity contribution in [1.29, 1.82) is 0 Å². The Morgan fingerprint density at radius 2 is 0.744 bits per heavy atom. The highest BCUT2D eigenvalue weighted by Crippen LogP contribution is 2.35. The molecule has 0 aliphatic heterocycles. The Morgan fingerprint density at radius 3 is 1.26 bits per heavy atom. The third-order valence-corrected chi connectivity index (χ3v) is 6.87. The molecule has 0 aliphatic carbocycles. The maximum atomic E-state index is 3.53. The number of para-hydroxylation sites is 2. The van der Waals surface area contributed by atoms with Gasteiger partial charge in [-0.25, -0.2) is 0 Å². The quantitative estimate of drug-likeness (QED) is 0.223. The molecular weight excluding hydrogens is 472 g/mol. The van der Waals surface area contributed by atoms with E-state index in [9.17, 15) is 0 Å². The first kappa shape index (κ1) is 24.3. The molecule has 6 aromatic rings. The van der Waals surface area contributed by atoms with Crippen molar-refractivity contribution < 1.29 is 0 Å². The molecule has 0 bridgehead atoms. The Kier molecular flexibility index (Phi) is 7.18. The van der Waals surface area contributed by atoms with E-state index in [2.05, 4.69) is 174 Å². The van der Waals surface area contributed by atoms with Crippen molar-refractivity contribution in [2.45, 2.75) is 6.42 Å². The Labute approximate surface area is 230 Å². The molecule has 39 heavy (non-hydrogen) atoms. The zero-order valence-corrected chi connectivity index (χ0v) is 21.7. The SMILES string of the molecule is c1ccc(Cc2ccc(Nc3ccc(-c4ccc(N(c5ccccc5)c5ccccc5)cc4)cc3)cc2)cc1. The third-order valence-electron chi connectivity index (χ3n) is 6.87. The molecule has 0 spiro atoms. The lowest BCUT2D eigenvalue weighted by Gasteiger charge is -2.25. The molecule has 0 unspecified atom stereocenters. The number of benzene rings is 6. The average Bonchev–Trinajstić information content (AvgIpc) is 3.01. The van der Waals surface area contributed by atoms with E-state index in [1.165, 1.54) is 22.3 Å². The minimum atomic E-state index is 0.947. The molecule has 2 nitrogen and oxygen atoms in total. The summed E-state index contributed by atoms with van der Waals surface area (Å²) in [5.74, 6) is 0. The molecule has 0 aromatic heterocycles. The summed E-state index contributed by atoms with van der Waals surface area (Å²) in [5, 5.41) is 3.53. The van der Waals surface area contributed by atoms with Crippen LogP contribution in [0.3, 0.4) is 0 Å². The van der Waals surface area contributed by atoms with Crippen molar-refractivity contribution in [3.63, 3.8) is 0 Å². The van der Waals surface area contributed by atoms with E-state index in [0.717, 1.165) is 34.9 Å². The van der Waals surface area contributed by atoms with Crippen LogP contribution in [0, 0.1) is 0 Å². The number of hydrogen-bond donors (Lipinski definition) is 1. The van der Waals surface area contributed by atoms with Crippen LogP contribution in [0.15, 0.2) is 164 Å². The summed E-state index contributed by atoms with van der Waals surface area (Å²) >= 11 is 0. The zero-order chi connectivity index (χ0) is 26.3. The van der Waals surface area contributed by atoms with Crippen molar-refractivity contribution in [2.24, 2.45) is 0 Å². The van der Waals surface area contributed by atoms with Crippen LogP contribution in [0.2, 0.25) is 0 Å². The first-order valence-corrected chi connectivity index (χ1v) is 13.3. The van der Waals surface area contributed by atoms with Crippen LogP contribution in [0.4, 0.5) is 28.4 Å². The maximum absolute atomic E-state index is 3.53. The molecule has 2 heteroatoms. The summed E-state index contributed by atoms with van der Waals surface area (Å²) in [6.45, 7) is 0. The fourth-order valence-electron chi connectivity index (χ4n) is 4.85. The number of anilines is 5. The lowest BCUT2D eigenvalue weighted by molar-refractivity contribution is 1.19. The van der Waals surface area contributed by atoms with E-state index in [-0.39, 0.29) is 0 Å². The highest BCUT2D eigenvalue weighted by atomic mass is 15.1. The number of rotatable bonds is 8. The Hall–Kier alpha value is -5.08. The molecule has 0 atom stereocenters. The molecule has 0 saturated heterocycles. The topological polar surface area (TPSA) is 15.3 Å². The van der Waals surface area contributed by atoms with Crippen molar-refractivity contribution in [3.8, 4) is 11.1 Å². The van der Waals surface area contributed by atoms with E-state index in [4.69, 9.17) is 0 Å². The third kappa shape index (κ3) is 5.92. The molecule has 0 radical (unpaired) electrons. The van der Waals surface area contributed by atoms with Gasteiger partial charge < -0.3 is 10.2 Å². The molecule has 188 valence electrons. The zero-order valence-electron chi connectivity index (χ0n) is 21.7. The van der Waals surface area contributed by atoms with Crippen molar-refractivity contribution >= 4 is 28.4 Å². The summed E-state index contributed by atoms with van der Waals surface area (Å²) in [6, 6.07) is 57.7. The van der Waals surface area contributed by atoms with Gasteiger partial charge in [-0.1, -0.05) is 103 Å². The standard InChI is InChI=1S/C37H30N2/c1-4-10-29(11-5-1)28-30-16-22-33(23-17-30)38-34-24-18-31(19-25-34)32-20-26-37(27-21-32)39(35-12-6-2-7-13-35)36-14-8-3-9-15-36/h1-27,38H,28H2. The van der Waals surface area contributed by atoms with Crippen LogP contribution in [0.1, 0.15) is 11.1 Å². The van der Waals surface area contributed by atoms with Crippen LogP contribution < -0.4 is 10.2 Å². The second-order valence-electron chi connectivity index (χ2n) is 9.62. The van der Waals surface area contributed by atoms with Gasteiger partial charge in [0.1, 0.15) is 0 Å². The fraction of sp³-hybridized carbons (Fsp3) is 0.0270. The van der Waals surface area contributed by atoms with Crippen LogP contribution in [0.5, 0.6) is 0 Å². The van der Waals surface area contributed by atoms with Gasteiger partial charge in [-0.15, -0.1) is 0 Å². The lowest BCUT2D eigenvalue weighted by atomic mass is 10.0. The van der Waals surface area contributed by atoms with Gasteiger partial charge in [-0.3, -0.25) is 0 Å². The largest absolute Gasteiger partial charge is 0.356 e. The summed E-state index contributed by atoms with van der Waals surface area (Å²) in [6.07, 6.45) is 0.947. The molecule has 0 heterocycles. The summed E-state index contributed by atoms with van der Waals surface area (Å²) in [5.41, 5.74) is 10.6. The molecule has 0 aliphatic rings. The minimum Gasteiger partial charge on any atom is -0.356 e. The van der Waals surface area contributed by atoms with Gasteiger partial charge in [0.15, 0.2) is 0 Å². The predicted octanol–water partition coefficient (Wildman–Crippen LogP) is 10.2. The van der Waals surface area contributed by atoms with Crippen LogP contribution in [0.25, 0.3) is 11.1 Å². The first-order chi connectivity index (χ1) is 19.3. The molecule has 0 amide bonds. The first-order valence-electron chi connectivity index (χ1n) is 13.3. The number of nitrogens with one attached hydrogen (secondary N) is 1. The van der Waals surface area contributed by atoms with Gasteiger partial charge in [0.25, 0.3) is 0 Å². The van der Waals surface area contributed by atoms with Crippen LogP contribution in [-0.2, 0) is 6.42 Å². The van der Waals surface area contributed by atoms with Gasteiger partial charge in [0, 0.05) is 28.4 Å². The van der Waals surface area contributed by atoms with Gasteiger partial charge >= 0.3 is 0 Å². The predicted molar refractivity (Wildman–Crippen MR) is 166 cm³/mol. The normalized spacial score (nSPS) is 10.7. The van der Waals surface area contributed by atoms with Crippen molar-refractivity contribution in [3.05, 3.63) is 175 Å². The van der Waals surface area contributed by atoms with E-state index in [0.29, 0.717) is 0 Å². The van der Waals surface area contributed by atoms with Gasteiger partial charge in [0.2, 0.25) is 0 Å². The van der Waals surface area contributed by atoms with Crippen LogP contribution in [-0.4, -0.2) is 0 Å². The van der Waals surface area contributed by atoms with E-state index in [1.807, 2.05) is 0 Å². The molecule has 0 fully saturated rings. The maximum Gasteiger partial charge on any atom is 0.0462 e. The second-order valence-corrected chi connectivity index (χ2v) is 9.62. The highest BCUT2D eigenvalue weighted by molar-refractivity contribution is 5.78. The minimum absolute atomic E-state index is 0.947. The van der Waals surface area contributed by atoms with Gasteiger partial charge in [-0.05, 0) is 89.3 Å². The molecule has 0 saturated carbocycles. The molecule has 6 rings (SSSR count). The van der Waals surface area contributed by atoms with E-state index >= 15 is 0 Å². The Bertz CT molecular complexity index is 1550. The van der Waals surface area contributed by atoms with E-state index in [1.54, 1.807) is 0 Å². The van der Waals surface area contributed by atoms with Crippen LogP contribution >= 0.6 is 0 Å². The number of nitrogens with zero attached hydrogens (tertiary/aromatic N) is 1. The molecular formula is C37H30N2. The molecule has 1 N–H and O–H groups in total. The second kappa shape index (κ2) is 11.5. The summed E-state index contributed by atoms with van der Waals surface area (Å²) in [4.78, 5) is 2.28. The lowest BCUT2D eigenvalue weighted by Crippen LogP contribution is -2.09. The fourth-order valence-corrected chi connectivity index (χ4v) is 4.85. The Morgan fingerprint density at radius 1 is 0.359 bits per heavy atom. The van der Waals surface area contributed by atoms with Gasteiger partial charge in [-0.2, -0.15) is 0 Å². The van der Waals surface area contributed by atoms with E-state index < -0.39 is 0 Å². The number of hydrogen-bond acceptors (Lipinski definition) is 2. The highest BCUT2D eigenvalue weighted by Gasteiger charge is 2.12. The monoisotopic (exact) mass is 502 g/mol. The Balaban J connectivity index is 1.15. The summed E-state index contributed by atoms with van der Waals surface area (Å²) in [7, 11) is 0. The average molecular weight is 503 g/mol. The van der Waals surface area contributed by atoms with Gasteiger partial charge in [0.05, 0.1) is 0 Å². The van der Waals surface area contributed by atoms with Crippen molar-refractivity contribution in [2.75, 3.05) is 10.2 Å². The smallest absolute Gasteiger partial charge is 0.0462 e. The summed E-state index contributed by atoms with van der Waals surface area (Å²) < 4.78 is 0. The van der Waals surface area contributed by atoms with Crippen molar-refractivity contribution in [1.82, 2.24) is 0 Å². The molecule has 6 aromatic carbocycles.